The number of hydrogen-bond acceptors (Lipinski definition) is 4. The average Bonchev–Trinajstić information content (AvgIpc) is 2.39. The number of carbonyl (C=O) groups is 1. The lowest BCUT2D eigenvalue weighted by Gasteiger charge is -2.27. The molecule has 1 N–H and O–H groups in total. The molecule has 1 aliphatic rings. The minimum absolute atomic E-state index is 0.106. The summed E-state index contributed by atoms with van der Waals surface area (Å²) in [6.07, 6.45) is 1.51. The van der Waals surface area contributed by atoms with Crippen molar-refractivity contribution in [3.05, 3.63) is 22.7 Å². The summed E-state index contributed by atoms with van der Waals surface area (Å²) in [4.78, 5) is 22.5. The molecule has 0 radical (unpaired) electrons. The molecular formula is C12H17ClN4O. The summed E-state index contributed by atoms with van der Waals surface area (Å²) in [5.41, 5.74) is 0.317. The molecule has 2 heterocycles. The average molecular weight is 269 g/mol. The maximum atomic E-state index is 12.3. The van der Waals surface area contributed by atoms with Gasteiger partial charge in [0.05, 0.1) is 11.2 Å². The third-order valence-electron chi connectivity index (χ3n) is 2.89. The van der Waals surface area contributed by atoms with Gasteiger partial charge in [0.15, 0.2) is 5.69 Å². The Balaban J connectivity index is 2.25. The van der Waals surface area contributed by atoms with E-state index in [1.165, 1.54) is 6.20 Å². The molecule has 1 fully saturated rings. The number of amides is 1. The van der Waals surface area contributed by atoms with Crippen molar-refractivity contribution >= 4 is 17.5 Å². The molecule has 1 aromatic heterocycles. The van der Waals surface area contributed by atoms with Gasteiger partial charge in [0.25, 0.3) is 5.91 Å². The molecule has 1 saturated heterocycles. The Labute approximate surface area is 112 Å². The van der Waals surface area contributed by atoms with E-state index < -0.39 is 0 Å². The lowest BCUT2D eigenvalue weighted by molar-refractivity contribution is 0.0729. The van der Waals surface area contributed by atoms with Crippen LogP contribution in [0, 0.1) is 0 Å². The molecule has 0 atom stereocenters. The molecule has 0 saturated carbocycles. The number of nitrogens with one attached hydrogen (secondary N) is 1. The van der Waals surface area contributed by atoms with E-state index >= 15 is 0 Å². The number of carbonyl (C=O) groups excluding carboxylic acids is 1. The molecule has 0 bridgehead atoms. The highest BCUT2D eigenvalue weighted by atomic mass is 35.5. The molecule has 0 aliphatic carbocycles. The van der Waals surface area contributed by atoms with Crippen LogP contribution < -0.4 is 5.32 Å². The summed E-state index contributed by atoms with van der Waals surface area (Å²) >= 11 is 6.03. The van der Waals surface area contributed by atoms with Crippen LogP contribution in [0.25, 0.3) is 0 Å². The summed E-state index contributed by atoms with van der Waals surface area (Å²) < 4.78 is 0. The van der Waals surface area contributed by atoms with Gasteiger partial charge in [-0.2, -0.15) is 0 Å². The molecular weight excluding hydrogens is 252 g/mol. The van der Waals surface area contributed by atoms with Gasteiger partial charge in [0.1, 0.15) is 5.82 Å². The number of hydrogen-bond donors (Lipinski definition) is 1. The largest absolute Gasteiger partial charge is 0.335 e. The van der Waals surface area contributed by atoms with Gasteiger partial charge in [-0.25, -0.2) is 9.97 Å². The number of rotatable bonds is 2. The maximum Gasteiger partial charge on any atom is 0.274 e. The van der Waals surface area contributed by atoms with Gasteiger partial charge in [-0.3, -0.25) is 4.79 Å². The van der Waals surface area contributed by atoms with E-state index in [1.54, 1.807) is 4.90 Å². The van der Waals surface area contributed by atoms with Crippen molar-refractivity contribution in [2.24, 2.45) is 0 Å². The fourth-order valence-corrected chi connectivity index (χ4v) is 2.00. The first-order valence-corrected chi connectivity index (χ1v) is 6.50. The molecule has 1 aliphatic heterocycles. The minimum Gasteiger partial charge on any atom is -0.335 e. The molecule has 6 heteroatoms. The molecule has 0 aromatic carbocycles. The van der Waals surface area contributed by atoms with E-state index in [4.69, 9.17) is 11.6 Å². The van der Waals surface area contributed by atoms with Gasteiger partial charge < -0.3 is 10.2 Å². The van der Waals surface area contributed by atoms with Crippen LogP contribution in [-0.4, -0.2) is 47.0 Å². The first-order chi connectivity index (χ1) is 8.59. The second kappa shape index (κ2) is 5.63. The summed E-state index contributed by atoms with van der Waals surface area (Å²) in [6, 6.07) is 0. The van der Waals surface area contributed by atoms with Crippen molar-refractivity contribution in [1.82, 2.24) is 20.2 Å². The van der Waals surface area contributed by atoms with Gasteiger partial charge in [-0.15, -0.1) is 0 Å². The van der Waals surface area contributed by atoms with Gasteiger partial charge in [-0.05, 0) is 0 Å². The van der Waals surface area contributed by atoms with Gasteiger partial charge in [0.2, 0.25) is 0 Å². The van der Waals surface area contributed by atoms with E-state index in [0.29, 0.717) is 29.6 Å². The normalized spacial score (nSPS) is 16.1. The molecule has 2 rings (SSSR count). The molecule has 0 spiro atoms. The fraction of sp³-hybridized carbons (Fsp3) is 0.583. The SMILES string of the molecule is CC(C)c1ncc(Cl)c(C(=O)N2CCNCC2)n1. The lowest BCUT2D eigenvalue weighted by atomic mass is 10.2. The van der Waals surface area contributed by atoms with Crippen molar-refractivity contribution in [2.45, 2.75) is 19.8 Å². The van der Waals surface area contributed by atoms with E-state index in [2.05, 4.69) is 15.3 Å². The molecule has 5 nitrogen and oxygen atoms in total. The zero-order valence-electron chi connectivity index (χ0n) is 10.6. The topological polar surface area (TPSA) is 58.1 Å². The lowest BCUT2D eigenvalue weighted by Crippen LogP contribution is -2.46. The molecule has 98 valence electrons. The van der Waals surface area contributed by atoms with Crippen molar-refractivity contribution in [3.63, 3.8) is 0 Å². The Kier molecular flexibility index (Phi) is 4.14. The van der Waals surface area contributed by atoms with Crippen molar-refractivity contribution in [3.8, 4) is 0 Å². The highest BCUT2D eigenvalue weighted by Gasteiger charge is 2.22. The molecule has 1 amide bonds. The highest BCUT2D eigenvalue weighted by molar-refractivity contribution is 6.33. The van der Waals surface area contributed by atoms with Crippen LogP contribution >= 0.6 is 11.6 Å². The van der Waals surface area contributed by atoms with Crippen LogP contribution in [0.4, 0.5) is 0 Å². The standard InChI is InChI=1S/C12H17ClN4O/c1-8(2)11-15-7-9(13)10(16-11)12(18)17-5-3-14-4-6-17/h7-8,14H,3-6H2,1-2H3. The summed E-state index contributed by atoms with van der Waals surface area (Å²) in [5.74, 6) is 0.723. The zero-order chi connectivity index (χ0) is 13.1. The minimum atomic E-state index is -0.106. The Morgan fingerprint density at radius 3 is 2.72 bits per heavy atom. The maximum absolute atomic E-state index is 12.3. The Morgan fingerprint density at radius 1 is 1.44 bits per heavy atom. The highest BCUT2D eigenvalue weighted by Crippen LogP contribution is 2.18. The number of nitrogens with zero attached hydrogens (tertiary/aromatic N) is 3. The van der Waals surface area contributed by atoms with Gasteiger partial charge >= 0.3 is 0 Å². The second-order valence-electron chi connectivity index (χ2n) is 4.62. The van der Waals surface area contributed by atoms with E-state index in [-0.39, 0.29) is 11.8 Å². The summed E-state index contributed by atoms with van der Waals surface area (Å²) in [7, 11) is 0. The predicted octanol–water partition coefficient (Wildman–Crippen LogP) is 1.30. The quantitative estimate of drug-likeness (QED) is 0.878. The Morgan fingerprint density at radius 2 is 2.11 bits per heavy atom. The fourth-order valence-electron chi connectivity index (χ4n) is 1.83. The van der Waals surface area contributed by atoms with E-state index in [0.717, 1.165) is 13.1 Å². The van der Waals surface area contributed by atoms with E-state index in [1.807, 2.05) is 13.8 Å². The van der Waals surface area contributed by atoms with Crippen LogP contribution in [-0.2, 0) is 0 Å². The van der Waals surface area contributed by atoms with E-state index in [9.17, 15) is 4.79 Å². The smallest absolute Gasteiger partial charge is 0.274 e. The summed E-state index contributed by atoms with van der Waals surface area (Å²) in [5, 5.41) is 3.53. The number of halogens is 1. The monoisotopic (exact) mass is 268 g/mol. The van der Waals surface area contributed by atoms with Crippen LogP contribution in [0.5, 0.6) is 0 Å². The van der Waals surface area contributed by atoms with Crippen molar-refractivity contribution in [2.75, 3.05) is 26.2 Å². The van der Waals surface area contributed by atoms with Crippen LogP contribution in [0.1, 0.15) is 36.1 Å². The Bertz CT molecular complexity index is 444. The first-order valence-electron chi connectivity index (χ1n) is 6.12. The van der Waals surface area contributed by atoms with Crippen LogP contribution in [0.15, 0.2) is 6.20 Å². The first kappa shape index (κ1) is 13.2. The molecule has 0 unspecified atom stereocenters. The van der Waals surface area contributed by atoms with Crippen molar-refractivity contribution in [1.29, 1.82) is 0 Å². The molecule has 1 aromatic rings. The third kappa shape index (κ3) is 2.79. The third-order valence-corrected chi connectivity index (χ3v) is 3.16. The predicted molar refractivity (Wildman–Crippen MR) is 69.9 cm³/mol. The second-order valence-corrected chi connectivity index (χ2v) is 5.03. The van der Waals surface area contributed by atoms with Gasteiger partial charge in [0, 0.05) is 32.1 Å². The summed E-state index contributed by atoms with van der Waals surface area (Å²) in [6.45, 7) is 6.98. The Hall–Kier alpha value is -1.20. The van der Waals surface area contributed by atoms with Crippen molar-refractivity contribution < 1.29 is 4.79 Å². The van der Waals surface area contributed by atoms with Gasteiger partial charge in [-0.1, -0.05) is 25.4 Å². The van der Waals surface area contributed by atoms with Crippen LogP contribution in [0.2, 0.25) is 5.02 Å². The number of piperazine rings is 1. The number of aromatic nitrogens is 2. The van der Waals surface area contributed by atoms with Crippen LogP contribution in [0.3, 0.4) is 0 Å². The molecule has 18 heavy (non-hydrogen) atoms. The zero-order valence-corrected chi connectivity index (χ0v) is 11.4.